The maximum Gasteiger partial charge on any atom is 0.0171 e. The van der Waals surface area contributed by atoms with Gasteiger partial charge in [-0.25, -0.2) is 0 Å². The highest BCUT2D eigenvalue weighted by Gasteiger charge is 2.33. The average molecular weight is 278 g/mol. The lowest BCUT2D eigenvalue weighted by Gasteiger charge is -2.44. The van der Waals surface area contributed by atoms with Gasteiger partial charge in [0.25, 0.3) is 0 Å². The Morgan fingerprint density at radius 2 is 2.26 bits per heavy atom. The zero-order chi connectivity index (χ0) is 13.2. The molecule has 2 aliphatic rings. The van der Waals surface area contributed by atoms with Gasteiger partial charge in [0.2, 0.25) is 0 Å². The Morgan fingerprint density at radius 1 is 1.42 bits per heavy atom. The molecule has 1 saturated heterocycles. The summed E-state index contributed by atoms with van der Waals surface area (Å²) in [5.74, 6) is 1.69. The Hall–Kier alpha value is -0.380. The zero-order valence-corrected chi connectivity index (χ0v) is 12.7. The molecule has 106 valence electrons. The lowest BCUT2D eigenvalue weighted by atomic mass is 9.78. The molecule has 1 aliphatic carbocycles. The fourth-order valence-electron chi connectivity index (χ4n) is 3.70. The van der Waals surface area contributed by atoms with Crippen LogP contribution in [-0.2, 0) is 6.42 Å². The van der Waals surface area contributed by atoms with E-state index in [1.807, 2.05) is 11.3 Å². The summed E-state index contributed by atoms with van der Waals surface area (Å²) < 4.78 is 0. The molecule has 2 heterocycles. The van der Waals surface area contributed by atoms with Crippen LogP contribution in [0.1, 0.15) is 37.5 Å². The molecule has 2 N–H and O–H groups in total. The highest BCUT2D eigenvalue weighted by atomic mass is 32.1. The van der Waals surface area contributed by atoms with E-state index in [1.54, 1.807) is 0 Å². The van der Waals surface area contributed by atoms with Crippen molar-refractivity contribution in [3.05, 3.63) is 22.4 Å². The number of nitrogens with two attached hydrogens (primary N) is 1. The summed E-state index contributed by atoms with van der Waals surface area (Å²) in [5.41, 5.74) is 6.30. The quantitative estimate of drug-likeness (QED) is 0.917. The smallest absolute Gasteiger partial charge is 0.0171 e. The van der Waals surface area contributed by atoms with Gasteiger partial charge in [0.1, 0.15) is 0 Å². The molecule has 0 aromatic carbocycles. The summed E-state index contributed by atoms with van der Waals surface area (Å²) >= 11 is 1.89. The normalized spacial score (nSPS) is 31.1. The number of hydrogen-bond donors (Lipinski definition) is 1. The molecule has 3 heteroatoms. The van der Waals surface area contributed by atoms with Gasteiger partial charge in [-0.3, -0.25) is 4.90 Å². The lowest BCUT2D eigenvalue weighted by Crippen LogP contribution is -2.53. The minimum atomic E-state index is 0.376. The summed E-state index contributed by atoms with van der Waals surface area (Å²) in [4.78, 5) is 4.20. The molecule has 3 rings (SSSR count). The van der Waals surface area contributed by atoms with Crippen LogP contribution in [0.3, 0.4) is 0 Å². The van der Waals surface area contributed by atoms with Gasteiger partial charge in [0.15, 0.2) is 0 Å². The maximum atomic E-state index is 6.30. The second-order valence-electron chi connectivity index (χ2n) is 6.53. The topological polar surface area (TPSA) is 29.3 Å². The first-order valence-electron chi connectivity index (χ1n) is 7.74. The summed E-state index contributed by atoms with van der Waals surface area (Å²) in [6.07, 6.45) is 6.73. The molecule has 19 heavy (non-hydrogen) atoms. The van der Waals surface area contributed by atoms with E-state index in [9.17, 15) is 0 Å². The monoisotopic (exact) mass is 278 g/mol. The largest absolute Gasteiger partial charge is 0.327 e. The van der Waals surface area contributed by atoms with E-state index >= 15 is 0 Å². The van der Waals surface area contributed by atoms with Crippen LogP contribution in [-0.4, -0.2) is 30.1 Å². The van der Waals surface area contributed by atoms with E-state index < -0.39 is 0 Å². The minimum Gasteiger partial charge on any atom is -0.327 e. The van der Waals surface area contributed by atoms with Crippen molar-refractivity contribution in [2.45, 2.75) is 51.1 Å². The standard InChI is InChI=1S/C16H26N2S/c1-12(14-4-2-5-14)18-10-13(8-15(17)11-18)9-16-6-3-7-19-16/h3,6-7,12-15H,2,4-5,8-11,17H2,1H3. The minimum absolute atomic E-state index is 0.376. The number of thiophene rings is 1. The van der Waals surface area contributed by atoms with Crippen LogP contribution in [0.5, 0.6) is 0 Å². The number of nitrogens with zero attached hydrogens (tertiary/aromatic N) is 1. The number of hydrogen-bond acceptors (Lipinski definition) is 3. The van der Waals surface area contributed by atoms with Crippen molar-refractivity contribution >= 4 is 11.3 Å². The summed E-state index contributed by atoms with van der Waals surface area (Å²) in [5, 5.41) is 2.19. The molecular weight excluding hydrogens is 252 g/mol. The third kappa shape index (κ3) is 3.21. The van der Waals surface area contributed by atoms with Crippen molar-refractivity contribution in [1.29, 1.82) is 0 Å². The van der Waals surface area contributed by atoms with Crippen LogP contribution in [0.15, 0.2) is 17.5 Å². The van der Waals surface area contributed by atoms with Gasteiger partial charge >= 0.3 is 0 Å². The van der Waals surface area contributed by atoms with E-state index in [2.05, 4.69) is 29.3 Å². The predicted octanol–water partition coefficient (Wildman–Crippen LogP) is 3.13. The highest BCUT2D eigenvalue weighted by Crippen LogP contribution is 2.34. The lowest BCUT2D eigenvalue weighted by molar-refractivity contribution is 0.0589. The molecule has 1 aliphatic heterocycles. The molecule has 0 spiro atoms. The van der Waals surface area contributed by atoms with E-state index in [-0.39, 0.29) is 0 Å². The van der Waals surface area contributed by atoms with Crippen molar-refractivity contribution in [1.82, 2.24) is 4.90 Å². The Labute approximate surface area is 121 Å². The molecule has 1 aromatic heterocycles. The fraction of sp³-hybridized carbons (Fsp3) is 0.750. The van der Waals surface area contributed by atoms with E-state index in [4.69, 9.17) is 5.73 Å². The van der Waals surface area contributed by atoms with E-state index in [0.717, 1.165) is 24.4 Å². The van der Waals surface area contributed by atoms with Crippen LogP contribution in [0.25, 0.3) is 0 Å². The van der Waals surface area contributed by atoms with E-state index in [0.29, 0.717) is 6.04 Å². The molecule has 0 radical (unpaired) electrons. The van der Waals surface area contributed by atoms with Crippen LogP contribution in [0, 0.1) is 11.8 Å². The van der Waals surface area contributed by atoms with Gasteiger partial charge < -0.3 is 5.73 Å². The van der Waals surface area contributed by atoms with Gasteiger partial charge in [-0.05, 0) is 55.9 Å². The Kier molecular flexibility index (Phi) is 4.25. The van der Waals surface area contributed by atoms with Crippen LogP contribution in [0.2, 0.25) is 0 Å². The first-order chi connectivity index (χ1) is 9.22. The number of rotatable bonds is 4. The van der Waals surface area contributed by atoms with Gasteiger partial charge in [0.05, 0.1) is 0 Å². The molecule has 3 unspecified atom stereocenters. The average Bonchev–Trinajstić information content (AvgIpc) is 2.78. The Balaban J connectivity index is 1.59. The second kappa shape index (κ2) is 5.94. The van der Waals surface area contributed by atoms with Crippen molar-refractivity contribution in [3.63, 3.8) is 0 Å². The molecule has 0 amide bonds. The van der Waals surface area contributed by atoms with Crippen molar-refractivity contribution in [2.75, 3.05) is 13.1 Å². The van der Waals surface area contributed by atoms with Crippen molar-refractivity contribution in [3.8, 4) is 0 Å². The van der Waals surface area contributed by atoms with Crippen LogP contribution < -0.4 is 5.73 Å². The summed E-state index contributed by atoms with van der Waals surface area (Å²) in [6, 6.07) is 5.55. The highest BCUT2D eigenvalue weighted by molar-refractivity contribution is 7.09. The predicted molar refractivity (Wildman–Crippen MR) is 82.5 cm³/mol. The molecular formula is C16H26N2S. The third-order valence-corrected chi connectivity index (χ3v) is 5.97. The SMILES string of the molecule is CC(C1CCC1)N1CC(N)CC(Cc2cccs2)C1. The zero-order valence-electron chi connectivity index (χ0n) is 11.9. The van der Waals surface area contributed by atoms with Gasteiger partial charge in [0, 0.05) is 30.1 Å². The molecule has 2 nitrogen and oxygen atoms in total. The van der Waals surface area contributed by atoms with Crippen molar-refractivity contribution < 1.29 is 0 Å². The Bertz CT molecular complexity index is 385. The fourth-order valence-corrected chi connectivity index (χ4v) is 4.52. The molecule has 0 bridgehead atoms. The van der Waals surface area contributed by atoms with Crippen LogP contribution in [0.4, 0.5) is 0 Å². The van der Waals surface area contributed by atoms with Crippen molar-refractivity contribution in [2.24, 2.45) is 17.6 Å². The van der Waals surface area contributed by atoms with Gasteiger partial charge in [-0.2, -0.15) is 0 Å². The van der Waals surface area contributed by atoms with Crippen LogP contribution >= 0.6 is 11.3 Å². The first-order valence-corrected chi connectivity index (χ1v) is 8.62. The van der Waals surface area contributed by atoms with Gasteiger partial charge in [-0.1, -0.05) is 12.5 Å². The first kappa shape index (κ1) is 13.6. The second-order valence-corrected chi connectivity index (χ2v) is 7.56. The maximum absolute atomic E-state index is 6.30. The Morgan fingerprint density at radius 3 is 2.89 bits per heavy atom. The summed E-state index contributed by atoms with van der Waals surface area (Å²) in [7, 11) is 0. The number of likely N-dealkylation sites (tertiary alicyclic amines) is 1. The summed E-state index contributed by atoms with van der Waals surface area (Å²) in [6.45, 7) is 4.78. The molecule has 1 saturated carbocycles. The van der Waals surface area contributed by atoms with E-state index in [1.165, 1.54) is 43.5 Å². The number of piperidine rings is 1. The molecule has 1 aromatic rings. The third-order valence-electron chi connectivity index (χ3n) is 5.08. The molecule has 2 fully saturated rings. The van der Waals surface area contributed by atoms with Gasteiger partial charge in [-0.15, -0.1) is 11.3 Å². The molecule has 3 atom stereocenters.